The Bertz CT molecular complexity index is 65.2. The number of carboxylic acids is 1. The first-order chi connectivity index (χ1) is 2.77. The molecule has 1 N–H and O–H groups in total. The molecule has 0 amide bonds. The fourth-order valence-corrected chi connectivity index (χ4v) is 0.214. The summed E-state index contributed by atoms with van der Waals surface area (Å²) < 4.78 is 0. The second-order valence-electron chi connectivity index (χ2n) is 1.14. The number of carbonyl (C=O) groups is 1. The van der Waals surface area contributed by atoms with Gasteiger partial charge in [-0.3, -0.25) is 4.79 Å². The van der Waals surface area contributed by atoms with E-state index in [2.05, 4.69) is 0 Å². The molecule has 0 aromatic heterocycles. The van der Waals surface area contributed by atoms with Gasteiger partial charge >= 0.3 is 43.7 Å². The van der Waals surface area contributed by atoms with Gasteiger partial charge in [0.1, 0.15) is 0 Å². The molecule has 0 aliphatic heterocycles. The zero-order valence-corrected chi connectivity index (χ0v) is 8.75. The molecule has 0 bridgehead atoms. The molecule has 8 heavy (non-hydrogen) atoms. The third-order valence-corrected chi connectivity index (χ3v) is 0.464. The molecule has 44 valence electrons. The van der Waals surface area contributed by atoms with Crippen molar-refractivity contribution in [2.45, 2.75) is 19.8 Å². The topological polar surface area (TPSA) is 37.3 Å². The molecule has 0 radical (unpaired) electrons. The second-order valence-corrected chi connectivity index (χ2v) is 1.14. The molecule has 0 unspecified atom stereocenters. The van der Waals surface area contributed by atoms with Crippen molar-refractivity contribution >= 4 is 43.7 Å². The molecule has 0 atom stereocenters. The summed E-state index contributed by atoms with van der Waals surface area (Å²) in [5.41, 5.74) is 0. The van der Waals surface area contributed by atoms with Crippen molar-refractivity contribution in [3.8, 4) is 0 Å². The van der Waals surface area contributed by atoms with Gasteiger partial charge in [0.15, 0.2) is 0 Å². The number of hydrogen-bond acceptors (Lipinski definition) is 1. The summed E-state index contributed by atoms with van der Waals surface area (Å²) in [6.45, 7) is 1.84. The maximum atomic E-state index is 9.60. The first-order valence-electron chi connectivity index (χ1n) is 1.99. The van der Waals surface area contributed by atoms with Crippen LogP contribution in [0.1, 0.15) is 22.6 Å². The molecule has 0 aliphatic rings. The normalized spacial score (nSPS) is 6.12. The van der Waals surface area contributed by atoms with E-state index in [4.69, 9.17) is 5.11 Å². The third-order valence-electron chi connectivity index (χ3n) is 0.464. The van der Waals surface area contributed by atoms with Crippen molar-refractivity contribution in [3.05, 3.63) is 0 Å². The van der Waals surface area contributed by atoms with E-state index in [9.17, 15) is 4.79 Å². The Morgan fingerprint density at radius 1 is 1.75 bits per heavy atom. The van der Waals surface area contributed by atoms with Crippen LogP contribution >= 0.6 is 0 Å². The van der Waals surface area contributed by atoms with E-state index in [0.29, 0.717) is 6.42 Å². The van der Waals surface area contributed by atoms with Crippen LogP contribution < -0.4 is 0 Å². The fraction of sp³-hybridized carbons (Fsp3) is 0.750. The number of hydrogen-bond donors (Lipinski definition) is 1. The van der Waals surface area contributed by atoms with Gasteiger partial charge in [-0.25, -0.2) is 0 Å². The van der Waals surface area contributed by atoms with Gasteiger partial charge in [-0.2, -0.15) is 0 Å². The van der Waals surface area contributed by atoms with Crippen LogP contribution in [-0.2, 0) is 26.5 Å². The van der Waals surface area contributed by atoms with Gasteiger partial charge in [0, 0.05) is 28.1 Å². The number of carboxylic acid groups (broad SMARTS) is 1. The molecule has 0 aromatic carbocycles. The first kappa shape index (κ1) is 16.2. The maximum Gasteiger partial charge on any atom is 2.00 e. The second kappa shape index (κ2) is 11.3. The largest absolute Gasteiger partial charge is 2.00 e. The monoisotopic (exact) mass is 178 g/mol. The molecule has 0 rings (SSSR count). The van der Waals surface area contributed by atoms with Crippen LogP contribution in [-0.4, -0.2) is 48.8 Å². The molecule has 2 nitrogen and oxygen atoms in total. The van der Waals surface area contributed by atoms with Crippen LogP contribution in [0.15, 0.2) is 0 Å². The Hall–Kier alpha value is 1.44. The molecule has 0 spiro atoms. The minimum absolute atomic E-state index is 0. The maximum absolute atomic E-state index is 9.60. The Morgan fingerprint density at radius 3 is 2.12 bits per heavy atom. The summed E-state index contributed by atoms with van der Waals surface area (Å²) in [6, 6.07) is 0. The van der Waals surface area contributed by atoms with Gasteiger partial charge in [-0.1, -0.05) is 6.92 Å². The third kappa shape index (κ3) is 15.7. The molecule has 0 aromatic rings. The predicted octanol–water partition coefficient (Wildman–Crippen LogP) is 0.713. The van der Waals surface area contributed by atoms with Crippen molar-refractivity contribution in [2.75, 3.05) is 0 Å². The minimum Gasteiger partial charge on any atom is -1.00 e. The number of aliphatic carboxylic acids is 1. The molecule has 0 heterocycles. The Morgan fingerprint density at radius 2 is 2.12 bits per heavy atom. The van der Waals surface area contributed by atoms with E-state index in [1.165, 1.54) is 0 Å². The van der Waals surface area contributed by atoms with Crippen molar-refractivity contribution in [1.29, 1.82) is 0 Å². The Balaban J connectivity index is -0.0000000208. The fourth-order valence-electron chi connectivity index (χ4n) is 0.214. The summed E-state index contributed by atoms with van der Waals surface area (Å²) in [5.74, 6) is -0.711. The number of rotatable bonds is 2. The zero-order valence-electron chi connectivity index (χ0n) is 6.98. The van der Waals surface area contributed by atoms with E-state index in [-0.39, 0.29) is 62.3 Å². The Labute approximate surface area is 96.9 Å². The molecule has 0 fully saturated rings. The van der Waals surface area contributed by atoms with E-state index < -0.39 is 5.97 Å². The summed E-state index contributed by atoms with van der Waals surface area (Å²) >= 11 is 0. The molecule has 0 aliphatic carbocycles. The SMILES string of the molecule is CCCC(=O)O.[Ca+2].[H-].[H-].[Ti]. The van der Waals surface area contributed by atoms with Gasteiger partial charge in [-0.05, 0) is 6.42 Å². The van der Waals surface area contributed by atoms with Gasteiger partial charge in [0.05, 0.1) is 0 Å². The van der Waals surface area contributed by atoms with Gasteiger partial charge < -0.3 is 7.96 Å². The van der Waals surface area contributed by atoms with Crippen molar-refractivity contribution < 1.29 is 34.5 Å². The van der Waals surface area contributed by atoms with Crippen LogP contribution in [0.3, 0.4) is 0 Å². The van der Waals surface area contributed by atoms with Crippen molar-refractivity contribution in [1.82, 2.24) is 0 Å². The van der Waals surface area contributed by atoms with Crippen LogP contribution in [0.2, 0.25) is 0 Å². The zero-order chi connectivity index (χ0) is 4.99. The van der Waals surface area contributed by atoms with Crippen molar-refractivity contribution in [2.24, 2.45) is 0 Å². The van der Waals surface area contributed by atoms with Gasteiger partial charge in [-0.15, -0.1) is 0 Å². The van der Waals surface area contributed by atoms with Crippen LogP contribution in [0.4, 0.5) is 0 Å². The molecular formula is C4H10CaO2Ti. The van der Waals surface area contributed by atoms with E-state index in [1.807, 2.05) is 6.92 Å². The minimum atomic E-state index is -0.711. The summed E-state index contributed by atoms with van der Waals surface area (Å²) in [6.07, 6.45) is 1.02. The van der Waals surface area contributed by atoms with E-state index in [1.54, 1.807) is 0 Å². The molecule has 0 saturated heterocycles. The molecule has 4 heteroatoms. The Kier molecular flexibility index (Phi) is 22.8. The van der Waals surface area contributed by atoms with Crippen molar-refractivity contribution in [3.63, 3.8) is 0 Å². The quantitative estimate of drug-likeness (QED) is 0.632. The van der Waals surface area contributed by atoms with E-state index in [0.717, 1.165) is 6.42 Å². The molecule has 0 saturated carbocycles. The standard InChI is InChI=1S/C4H8O2.Ca.Ti.2H/c1-2-3-4(5)6;;;;/h2-3H2,1H3,(H,5,6);;;;/q;+2;;2*-1. The summed E-state index contributed by atoms with van der Waals surface area (Å²) in [5, 5.41) is 7.91. The predicted molar refractivity (Wildman–Crippen MR) is 30.5 cm³/mol. The average molecular weight is 178 g/mol. The first-order valence-corrected chi connectivity index (χ1v) is 1.99. The smallest absolute Gasteiger partial charge is 1.00 e. The van der Waals surface area contributed by atoms with Crippen LogP contribution in [0.5, 0.6) is 0 Å². The van der Waals surface area contributed by atoms with Crippen LogP contribution in [0, 0.1) is 0 Å². The summed E-state index contributed by atoms with van der Waals surface area (Å²) in [4.78, 5) is 9.60. The average Bonchev–Trinajstić information content (AvgIpc) is 1.35. The van der Waals surface area contributed by atoms with E-state index >= 15 is 0 Å². The summed E-state index contributed by atoms with van der Waals surface area (Å²) in [7, 11) is 0. The van der Waals surface area contributed by atoms with Gasteiger partial charge in [0.2, 0.25) is 0 Å². The van der Waals surface area contributed by atoms with Gasteiger partial charge in [0.25, 0.3) is 0 Å². The molecular weight excluding hydrogens is 168 g/mol. The van der Waals surface area contributed by atoms with Crippen LogP contribution in [0.25, 0.3) is 0 Å².